The number of carbonyl (C=O) groups excluding carboxylic acids is 2. The highest BCUT2D eigenvalue weighted by atomic mass is 19.4. The Balaban J connectivity index is 2.12. The maximum Gasteiger partial charge on any atom is 0.416 e. The normalized spacial score (nSPS) is 11.3. The summed E-state index contributed by atoms with van der Waals surface area (Å²) < 4.78 is 43.4. The monoisotopic (exact) mass is 397 g/mol. The molecule has 6 nitrogen and oxygen atoms in total. The van der Waals surface area contributed by atoms with Crippen molar-refractivity contribution in [3.8, 4) is 0 Å². The average Bonchev–Trinajstić information content (AvgIpc) is 3.16. The molecule has 2 amide bonds. The van der Waals surface area contributed by atoms with Crippen LogP contribution in [0.2, 0.25) is 0 Å². The van der Waals surface area contributed by atoms with Crippen LogP contribution < -0.4 is 5.32 Å². The van der Waals surface area contributed by atoms with Gasteiger partial charge in [0.2, 0.25) is 5.91 Å². The molecule has 1 heterocycles. The van der Waals surface area contributed by atoms with Crippen LogP contribution in [0.15, 0.2) is 41.1 Å². The Bertz CT molecular complexity index is 776. The standard InChI is InChI=1S/C19H22F3N3O3/c1-2-3-4-5-10-25(13-17(26)23-16-9-11-28-24-16)18(27)14-7-6-8-15(12-14)19(20,21)22/h6-9,11-12H,2-5,10,13H2,1H3,(H,23,24,26). The third-order valence-electron chi connectivity index (χ3n) is 4.05. The molecule has 2 aromatic rings. The fourth-order valence-corrected chi connectivity index (χ4v) is 2.63. The highest BCUT2D eigenvalue weighted by Gasteiger charge is 2.31. The number of anilines is 1. The molecule has 0 spiro atoms. The molecule has 152 valence electrons. The van der Waals surface area contributed by atoms with Gasteiger partial charge in [-0.3, -0.25) is 9.59 Å². The largest absolute Gasteiger partial charge is 0.416 e. The third kappa shape index (κ3) is 6.40. The fourth-order valence-electron chi connectivity index (χ4n) is 2.63. The molecule has 0 fully saturated rings. The van der Waals surface area contributed by atoms with Crippen LogP contribution in [0.25, 0.3) is 0 Å². The molecule has 0 aliphatic carbocycles. The molecule has 0 saturated heterocycles. The highest BCUT2D eigenvalue weighted by Crippen LogP contribution is 2.29. The predicted molar refractivity (Wildman–Crippen MR) is 96.6 cm³/mol. The number of amides is 2. The van der Waals surface area contributed by atoms with E-state index in [1.54, 1.807) is 0 Å². The zero-order valence-corrected chi connectivity index (χ0v) is 15.5. The molecular weight excluding hydrogens is 375 g/mol. The second kappa shape index (κ2) is 9.91. The summed E-state index contributed by atoms with van der Waals surface area (Å²) in [7, 11) is 0. The molecule has 0 aliphatic rings. The Labute approximate surface area is 160 Å². The molecule has 28 heavy (non-hydrogen) atoms. The van der Waals surface area contributed by atoms with Crippen LogP contribution in [-0.4, -0.2) is 35.0 Å². The second-order valence-electron chi connectivity index (χ2n) is 6.30. The first-order chi connectivity index (χ1) is 13.3. The zero-order chi connectivity index (χ0) is 20.6. The summed E-state index contributed by atoms with van der Waals surface area (Å²) in [6, 6.07) is 5.64. The van der Waals surface area contributed by atoms with Crippen LogP contribution in [-0.2, 0) is 11.0 Å². The number of aromatic nitrogens is 1. The minimum atomic E-state index is -4.55. The third-order valence-corrected chi connectivity index (χ3v) is 4.05. The van der Waals surface area contributed by atoms with Crippen LogP contribution in [0, 0.1) is 0 Å². The summed E-state index contributed by atoms with van der Waals surface area (Å²) >= 11 is 0. The van der Waals surface area contributed by atoms with E-state index in [4.69, 9.17) is 0 Å². The minimum absolute atomic E-state index is 0.112. The number of nitrogens with zero attached hydrogens (tertiary/aromatic N) is 2. The van der Waals surface area contributed by atoms with E-state index in [1.165, 1.54) is 29.4 Å². The van der Waals surface area contributed by atoms with Gasteiger partial charge in [-0.25, -0.2) is 0 Å². The summed E-state index contributed by atoms with van der Waals surface area (Å²) in [5.41, 5.74) is -1.02. The molecule has 0 radical (unpaired) electrons. The average molecular weight is 397 g/mol. The predicted octanol–water partition coefficient (Wildman–Crippen LogP) is 4.35. The van der Waals surface area contributed by atoms with Crippen molar-refractivity contribution in [3.63, 3.8) is 0 Å². The molecule has 0 atom stereocenters. The van der Waals surface area contributed by atoms with Crippen molar-refractivity contribution in [2.24, 2.45) is 0 Å². The topological polar surface area (TPSA) is 75.4 Å². The lowest BCUT2D eigenvalue weighted by Gasteiger charge is -2.22. The van der Waals surface area contributed by atoms with Crippen molar-refractivity contribution in [1.29, 1.82) is 0 Å². The molecule has 0 bridgehead atoms. The quantitative estimate of drug-likeness (QED) is 0.638. The molecule has 0 unspecified atom stereocenters. The van der Waals surface area contributed by atoms with E-state index in [2.05, 4.69) is 15.0 Å². The number of halogens is 3. The maximum atomic E-state index is 12.9. The van der Waals surface area contributed by atoms with Crippen LogP contribution in [0.4, 0.5) is 19.0 Å². The number of rotatable bonds is 9. The van der Waals surface area contributed by atoms with Crippen LogP contribution >= 0.6 is 0 Å². The van der Waals surface area contributed by atoms with Crippen molar-refractivity contribution in [1.82, 2.24) is 10.1 Å². The van der Waals surface area contributed by atoms with Crippen molar-refractivity contribution in [3.05, 3.63) is 47.7 Å². The van der Waals surface area contributed by atoms with E-state index >= 15 is 0 Å². The molecular formula is C19H22F3N3O3. The number of hydrogen-bond acceptors (Lipinski definition) is 4. The van der Waals surface area contributed by atoms with Crippen LogP contribution in [0.1, 0.15) is 48.5 Å². The van der Waals surface area contributed by atoms with Crippen molar-refractivity contribution >= 4 is 17.6 Å². The first-order valence-corrected chi connectivity index (χ1v) is 8.98. The van der Waals surface area contributed by atoms with E-state index < -0.39 is 23.6 Å². The lowest BCUT2D eigenvalue weighted by molar-refractivity contribution is -0.137. The molecule has 2 rings (SSSR count). The van der Waals surface area contributed by atoms with Crippen LogP contribution in [0.3, 0.4) is 0 Å². The van der Waals surface area contributed by atoms with E-state index in [9.17, 15) is 22.8 Å². The Morgan fingerprint density at radius 1 is 1.18 bits per heavy atom. The summed E-state index contributed by atoms with van der Waals surface area (Å²) in [6.07, 6.45) is 0.201. The number of alkyl halides is 3. The van der Waals surface area contributed by atoms with Gasteiger partial charge in [0.05, 0.1) is 5.56 Å². The molecule has 1 aromatic heterocycles. The van der Waals surface area contributed by atoms with Gasteiger partial charge in [0.1, 0.15) is 12.8 Å². The molecule has 0 saturated carbocycles. The van der Waals surface area contributed by atoms with E-state index in [1.807, 2.05) is 6.92 Å². The summed E-state index contributed by atoms with van der Waals surface area (Å²) in [5, 5.41) is 6.03. The van der Waals surface area contributed by atoms with Gasteiger partial charge in [-0.2, -0.15) is 13.2 Å². The molecule has 1 aromatic carbocycles. The Morgan fingerprint density at radius 2 is 1.96 bits per heavy atom. The zero-order valence-electron chi connectivity index (χ0n) is 15.5. The number of unbranched alkanes of at least 4 members (excludes halogenated alkanes) is 3. The van der Waals surface area contributed by atoms with E-state index in [0.29, 0.717) is 6.42 Å². The Kier molecular flexibility index (Phi) is 7.60. The number of carbonyl (C=O) groups is 2. The first kappa shape index (κ1) is 21.5. The van der Waals surface area contributed by atoms with Crippen molar-refractivity contribution in [2.75, 3.05) is 18.4 Å². The molecule has 9 heteroatoms. The Hall–Kier alpha value is -2.84. The SMILES string of the molecule is CCCCCCN(CC(=O)Nc1ccon1)C(=O)c1cccc(C(F)(F)F)c1. The summed E-state index contributed by atoms with van der Waals surface area (Å²) in [4.78, 5) is 26.2. The van der Waals surface area contributed by atoms with Gasteiger partial charge in [0.15, 0.2) is 5.82 Å². The van der Waals surface area contributed by atoms with Crippen molar-refractivity contribution in [2.45, 2.75) is 38.8 Å². The van der Waals surface area contributed by atoms with Gasteiger partial charge in [0.25, 0.3) is 5.91 Å². The first-order valence-electron chi connectivity index (χ1n) is 8.98. The van der Waals surface area contributed by atoms with Gasteiger partial charge in [-0.15, -0.1) is 0 Å². The minimum Gasteiger partial charge on any atom is -0.363 e. The number of hydrogen-bond donors (Lipinski definition) is 1. The smallest absolute Gasteiger partial charge is 0.363 e. The van der Waals surface area contributed by atoms with Crippen molar-refractivity contribution < 1.29 is 27.3 Å². The second-order valence-corrected chi connectivity index (χ2v) is 6.30. The van der Waals surface area contributed by atoms with E-state index in [0.717, 1.165) is 31.4 Å². The summed E-state index contributed by atoms with van der Waals surface area (Å²) in [5.74, 6) is -0.940. The fraction of sp³-hybridized carbons (Fsp3) is 0.421. The van der Waals surface area contributed by atoms with Gasteiger partial charge >= 0.3 is 6.18 Å². The highest BCUT2D eigenvalue weighted by molar-refractivity contribution is 5.99. The summed E-state index contributed by atoms with van der Waals surface area (Å²) in [6.45, 7) is 2.01. The number of benzene rings is 1. The lowest BCUT2D eigenvalue weighted by atomic mass is 10.1. The van der Waals surface area contributed by atoms with Crippen LogP contribution in [0.5, 0.6) is 0 Å². The van der Waals surface area contributed by atoms with Gasteiger partial charge < -0.3 is 14.7 Å². The maximum absolute atomic E-state index is 12.9. The molecule has 1 N–H and O–H groups in total. The number of nitrogens with one attached hydrogen (secondary N) is 1. The van der Waals surface area contributed by atoms with Gasteiger partial charge in [-0.1, -0.05) is 37.4 Å². The van der Waals surface area contributed by atoms with Gasteiger partial charge in [-0.05, 0) is 24.6 Å². The molecule has 0 aliphatic heterocycles. The lowest BCUT2D eigenvalue weighted by Crippen LogP contribution is -2.38. The Morgan fingerprint density at radius 3 is 2.61 bits per heavy atom. The van der Waals surface area contributed by atoms with E-state index in [-0.39, 0.29) is 24.5 Å². The van der Waals surface area contributed by atoms with Gasteiger partial charge in [0, 0.05) is 18.2 Å².